The van der Waals surface area contributed by atoms with Crippen molar-refractivity contribution >= 4 is 17.5 Å². The van der Waals surface area contributed by atoms with Gasteiger partial charge >= 0.3 is 0 Å². The lowest BCUT2D eigenvalue weighted by atomic mass is 10.0. The van der Waals surface area contributed by atoms with Gasteiger partial charge in [0.2, 0.25) is 0 Å². The molecule has 0 aromatic heterocycles. The van der Waals surface area contributed by atoms with Crippen molar-refractivity contribution in [2.24, 2.45) is 0 Å². The molecule has 1 saturated heterocycles. The first-order valence-corrected chi connectivity index (χ1v) is 9.91. The minimum atomic E-state index is -0.629. The number of carbonyl (C=O) groups is 2. The molecule has 0 aliphatic carbocycles. The van der Waals surface area contributed by atoms with Gasteiger partial charge in [0.1, 0.15) is 5.75 Å². The molecule has 1 heterocycles. The summed E-state index contributed by atoms with van der Waals surface area (Å²) in [6.07, 6.45) is 1.51. The summed E-state index contributed by atoms with van der Waals surface area (Å²) in [5.41, 5.74) is 2.52. The van der Waals surface area contributed by atoms with E-state index in [1.54, 1.807) is 31.2 Å². The highest BCUT2D eigenvalue weighted by molar-refractivity contribution is 5.97. The highest BCUT2D eigenvalue weighted by Crippen LogP contribution is 2.20. The van der Waals surface area contributed by atoms with Gasteiger partial charge in [0.15, 0.2) is 6.10 Å². The molecule has 1 aliphatic rings. The molecule has 2 aromatic carbocycles. The molecule has 5 nitrogen and oxygen atoms in total. The van der Waals surface area contributed by atoms with E-state index in [-0.39, 0.29) is 11.8 Å². The lowest BCUT2D eigenvalue weighted by Gasteiger charge is -2.17. The van der Waals surface area contributed by atoms with Crippen molar-refractivity contribution in [3.05, 3.63) is 59.7 Å². The molecule has 0 saturated carbocycles. The maximum absolute atomic E-state index is 12.4. The third-order valence-corrected chi connectivity index (χ3v) is 5.02. The second kappa shape index (κ2) is 8.91. The maximum atomic E-state index is 12.4. The Morgan fingerprint density at radius 2 is 1.54 bits per heavy atom. The van der Waals surface area contributed by atoms with Crippen molar-refractivity contribution in [3.63, 3.8) is 0 Å². The van der Waals surface area contributed by atoms with Crippen molar-refractivity contribution in [2.45, 2.75) is 45.6 Å². The Morgan fingerprint density at radius 1 is 0.929 bits per heavy atom. The number of ether oxygens (including phenoxy) is 1. The number of likely N-dealkylation sites (tertiary alicyclic amines) is 1. The SMILES string of the molecule is CC(C)c1ccc(O[C@H](C)C(=O)Nc2ccc(C(=O)N3CCCC3)cc2)cc1. The predicted molar refractivity (Wildman–Crippen MR) is 111 cm³/mol. The second-order valence-electron chi connectivity index (χ2n) is 7.55. The molecular weight excluding hydrogens is 352 g/mol. The number of amides is 2. The summed E-state index contributed by atoms with van der Waals surface area (Å²) < 4.78 is 5.74. The molecule has 0 radical (unpaired) electrons. The average Bonchev–Trinajstić information content (AvgIpc) is 3.23. The largest absolute Gasteiger partial charge is 0.481 e. The summed E-state index contributed by atoms with van der Waals surface area (Å²) in [5, 5.41) is 2.84. The van der Waals surface area contributed by atoms with Gasteiger partial charge in [-0.15, -0.1) is 0 Å². The molecule has 28 heavy (non-hydrogen) atoms. The Bertz CT molecular complexity index is 807. The fraction of sp³-hybridized carbons (Fsp3) is 0.391. The van der Waals surface area contributed by atoms with E-state index in [1.807, 2.05) is 29.2 Å². The molecule has 2 aromatic rings. The topological polar surface area (TPSA) is 58.6 Å². The molecule has 1 fully saturated rings. The van der Waals surface area contributed by atoms with Crippen LogP contribution in [0.3, 0.4) is 0 Å². The normalized spacial score (nSPS) is 14.8. The molecule has 1 atom stereocenters. The van der Waals surface area contributed by atoms with Gasteiger partial charge < -0.3 is 15.0 Å². The minimum absolute atomic E-state index is 0.0527. The first kappa shape index (κ1) is 19.9. The van der Waals surface area contributed by atoms with Gasteiger partial charge in [-0.1, -0.05) is 26.0 Å². The maximum Gasteiger partial charge on any atom is 0.265 e. The van der Waals surface area contributed by atoms with E-state index < -0.39 is 6.10 Å². The Kier molecular flexibility index (Phi) is 6.34. The van der Waals surface area contributed by atoms with Gasteiger partial charge in [-0.2, -0.15) is 0 Å². The van der Waals surface area contributed by atoms with Gasteiger partial charge in [0.25, 0.3) is 11.8 Å². The monoisotopic (exact) mass is 380 g/mol. The molecule has 3 rings (SSSR count). The van der Waals surface area contributed by atoms with E-state index in [0.717, 1.165) is 25.9 Å². The number of nitrogens with zero attached hydrogens (tertiary/aromatic N) is 1. The molecule has 2 amide bonds. The molecule has 5 heteroatoms. The highest BCUT2D eigenvalue weighted by Gasteiger charge is 2.20. The number of carbonyl (C=O) groups excluding carboxylic acids is 2. The van der Waals surface area contributed by atoms with Crippen molar-refractivity contribution in [1.29, 1.82) is 0 Å². The van der Waals surface area contributed by atoms with Gasteiger partial charge in [-0.25, -0.2) is 0 Å². The Morgan fingerprint density at radius 3 is 2.11 bits per heavy atom. The van der Waals surface area contributed by atoms with Crippen LogP contribution in [0.4, 0.5) is 5.69 Å². The predicted octanol–water partition coefficient (Wildman–Crippen LogP) is 4.45. The number of benzene rings is 2. The molecule has 0 bridgehead atoms. The second-order valence-corrected chi connectivity index (χ2v) is 7.55. The van der Waals surface area contributed by atoms with Gasteiger partial charge in [-0.05, 0) is 67.6 Å². The minimum Gasteiger partial charge on any atom is -0.481 e. The molecule has 1 N–H and O–H groups in total. The fourth-order valence-electron chi connectivity index (χ4n) is 3.23. The number of rotatable bonds is 6. The van der Waals surface area contributed by atoms with E-state index in [2.05, 4.69) is 19.2 Å². The first-order valence-electron chi connectivity index (χ1n) is 9.91. The van der Waals surface area contributed by atoms with Crippen LogP contribution in [0.15, 0.2) is 48.5 Å². The zero-order chi connectivity index (χ0) is 20.1. The van der Waals surface area contributed by atoms with E-state index in [0.29, 0.717) is 22.9 Å². The van der Waals surface area contributed by atoms with Crippen molar-refractivity contribution in [1.82, 2.24) is 4.90 Å². The number of hydrogen-bond donors (Lipinski definition) is 1. The summed E-state index contributed by atoms with van der Waals surface area (Å²) >= 11 is 0. The molecule has 0 unspecified atom stereocenters. The van der Waals surface area contributed by atoms with Crippen LogP contribution in [0.25, 0.3) is 0 Å². The third kappa shape index (κ3) is 4.91. The van der Waals surface area contributed by atoms with E-state index in [4.69, 9.17) is 4.74 Å². The standard InChI is InChI=1S/C23H28N2O3/c1-16(2)18-8-12-21(13-9-18)28-17(3)22(26)24-20-10-6-19(7-11-20)23(27)25-14-4-5-15-25/h6-13,16-17H,4-5,14-15H2,1-3H3,(H,24,26)/t17-/m1/s1. The van der Waals surface area contributed by atoms with E-state index in [9.17, 15) is 9.59 Å². The van der Waals surface area contributed by atoms with Crippen LogP contribution in [-0.4, -0.2) is 35.9 Å². The zero-order valence-corrected chi connectivity index (χ0v) is 16.8. The summed E-state index contributed by atoms with van der Waals surface area (Å²) in [5.74, 6) is 0.942. The Balaban J connectivity index is 1.55. The molecular formula is C23H28N2O3. The lowest BCUT2D eigenvalue weighted by Crippen LogP contribution is -2.30. The summed E-state index contributed by atoms with van der Waals surface area (Å²) in [6, 6.07) is 14.8. The van der Waals surface area contributed by atoms with Crippen molar-refractivity contribution in [3.8, 4) is 5.75 Å². The average molecular weight is 380 g/mol. The van der Waals surface area contributed by atoms with E-state index >= 15 is 0 Å². The van der Waals surface area contributed by atoms with Crippen LogP contribution < -0.4 is 10.1 Å². The fourth-order valence-corrected chi connectivity index (χ4v) is 3.23. The molecule has 1 aliphatic heterocycles. The quantitative estimate of drug-likeness (QED) is 0.805. The smallest absolute Gasteiger partial charge is 0.265 e. The Hall–Kier alpha value is -2.82. The lowest BCUT2D eigenvalue weighted by molar-refractivity contribution is -0.122. The van der Waals surface area contributed by atoms with Crippen molar-refractivity contribution < 1.29 is 14.3 Å². The zero-order valence-electron chi connectivity index (χ0n) is 16.8. The van der Waals surface area contributed by atoms with Crippen LogP contribution in [0.2, 0.25) is 0 Å². The van der Waals surface area contributed by atoms with Gasteiger partial charge in [-0.3, -0.25) is 9.59 Å². The number of hydrogen-bond acceptors (Lipinski definition) is 3. The summed E-state index contributed by atoms with van der Waals surface area (Å²) in [6.45, 7) is 7.64. The molecule has 148 valence electrons. The van der Waals surface area contributed by atoms with Crippen LogP contribution >= 0.6 is 0 Å². The molecule has 0 spiro atoms. The Labute approximate surface area is 166 Å². The van der Waals surface area contributed by atoms with Crippen LogP contribution in [0.1, 0.15) is 55.5 Å². The van der Waals surface area contributed by atoms with Crippen LogP contribution in [0, 0.1) is 0 Å². The first-order chi connectivity index (χ1) is 13.4. The highest BCUT2D eigenvalue weighted by atomic mass is 16.5. The number of anilines is 1. The van der Waals surface area contributed by atoms with Crippen LogP contribution in [-0.2, 0) is 4.79 Å². The van der Waals surface area contributed by atoms with E-state index in [1.165, 1.54) is 5.56 Å². The number of nitrogens with one attached hydrogen (secondary N) is 1. The van der Waals surface area contributed by atoms with Gasteiger partial charge in [0.05, 0.1) is 0 Å². The van der Waals surface area contributed by atoms with Crippen LogP contribution in [0.5, 0.6) is 5.75 Å². The summed E-state index contributed by atoms with van der Waals surface area (Å²) in [7, 11) is 0. The summed E-state index contributed by atoms with van der Waals surface area (Å²) in [4.78, 5) is 26.7. The van der Waals surface area contributed by atoms with Crippen molar-refractivity contribution in [2.75, 3.05) is 18.4 Å². The van der Waals surface area contributed by atoms with Gasteiger partial charge in [0, 0.05) is 24.3 Å². The third-order valence-electron chi connectivity index (χ3n) is 5.02.